The molecule has 0 spiro atoms. The fourth-order valence-electron chi connectivity index (χ4n) is 2.66. The summed E-state index contributed by atoms with van der Waals surface area (Å²) >= 11 is 0. The van der Waals surface area contributed by atoms with Gasteiger partial charge in [0.05, 0.1) is 5.92 Å². The van der Waals surface area contributed by atoms with Crippen molar-refractivity contribution in [1.82, 2.24) is 4.90 Å². The minimum absolute atomic E-state index is 0.114. The summed E-state index contributed by atoms with van der Waals surface area (Å²) in [6.45, 7) is 2.43. The van der Waals surface area contributed by atoms with Crippen molar-refractivity contribution in [2.24, 2.45) is 5.92 Å². The van der Waals surface area contributed by atoms with Gasteiger partial charge in [-0.05, 0) is 37.1 Å². The molecule has 1 heterocycles. The summed E-state index contributed by atoms with van der Waals surface area (Å²) in [6.07, 6.45) is 2.48. The molecule has 2 amide bonds. The summed E-state index contributed by atoms with van der Waals surface area (Å²) in [7, 11) is 1.59. The van der Waals surface area contributed by atoms with Crippen LogP contribution in [0.2, 0.25) is 0 Å². The third-order valence-corrected chi connectivity index (χ3v) is 4.07. The molecular weight excluding hydrogens is 296 g/mol. The molecule has 1 unspecified atom stereocenters. The highest BCUT2D eigenvalue weighted by atomic mass is 16.4. The van der Waals surface area contributed by atoms with Crippen LogP contribution in [0.3, 0.4) is 0 Å². The van der Waals surface area contributed by atoms with Crippen LogP contribution in [-0.2, 0) is 9.59 Å². The Bertz CT molecular complexity index is 597. The van der Waals surface area contributed by atoms with Crippen LogP contribution in [0.25, 0.3) is 0 Å². The van der Waals surface area contributed by atoms with Crippen molar-refractivity contribution < 1.29 is 19.5 Å². The highest BCUT2D eigenvalue weighted by Gasteiger charge is 2.21. The maximum absolute atomic E-state index is 12.3. The lowest BCUT2D eigenvalue weighted by atomic mass is 10.1. The summed E-state index contributed by atoms with van der Waals surface area (Å²) in [5.41, 5.74) is 1.28. The van der Waals surface area contributed by atoms with Crippen LogP contribution < -0.4 is 4.90 Å². The van der Waals surface area contributed by atoms with Gasteiger partial charge in [0.15, 0.2) is 0 Å². The topological polar surface area (TPSA) is 77.9 Å². The fourth-order valence-corrected chi connectivity index (χ4v) is 2.66. The SMILES string of the molecule is CC(CN(C)C(=O)c1ccc(N2CCCCC2=O)cc1)C(=O)O. The van der Waals surface area contributed by atoms with E-state index in [1.54, 1.807) is 43.1 Å². The van der Waals surface area contributed by atoms with Gasteiger partial charge in [0, 0.05) is 37.8 Å². The van der Waals surface area contributed by atoms with Crippen molar-refractivity contribution in [1.29, 1.82) is 0 Å². The highest BCUT2D eigenvalue weighted by Crippen LogP contribution is 2.21. The van der Waals surface area contributed by atoms with Gasteiger partial charge >= 0.3 is 5.97 Å². The Hall–Kier alpha value is -2.37. The minimum Gasteiger partial charge on any atom is -0.481 e. The monoisotopic (exact) mass is 318 g/mol. The molecule has 124 valence electrons. The van der Waals surface area contributed by atoms with Crippen molar-refractivity contribution in [3.8, 4) is 0 Å². The Morgan fingerprint density at radius 3 is 2.48 bits per heavy atom. The first-order valence-electron chi connectivity index (χ1n) is 7.79. The first-order valence-corrected chi connectivity index (χ1v) is 7.79. The predicted molar refractivity (Wildman–Crippen MR) is 86.4 cm³/mol. The van der Waals surface area contributed by atoms with E-state index in [1.165, 1.54) is 4.90 Å². The molecule has 1 saturated heterocycles. The highest BCUT2D eigenvalue weighted by molar-refractivity contribution is 5.97. The molecule has 1 N–H and O–H groups in total. The summed E-state index contributed by atoms with van der Waals surface area (Å²) in [4.78, 5) is 38.2. The minimum atomic E-state index is -0.927. The normalized spacial score (nSPS) is 16.1. The number of rotatable bonds is 5. The average Bonchev–Trinajstić information content (AvgIpc) is 2.54. The second-order valence-electron chi connectivity index (χ2n) is 5.97. The number of piperidine rings is 1. The van der Waals surface area contributed by atoms with Crippen LogP contribution in [0, 0.1) is 5.92 Å². The maximum atomic E-state index is 12.3. The predicted octanol–water partition coefficient (Wildman–Crippen LogP) is 2.00. The summed E-state index contributed by atoms with van der Waals surface area (Å²) < 4.78 is 0. The lowest BCUT2D eigenvalue weighted by Crippen LogP contribution is -2.35. The Labute approximate surface area is 135 Å². The average molecular weight is 318 g/mol. The number of hydrogen-bond donors (Lipinski definition) is 1. The van der Waals surface area contributed by atoms with Gasteiger partial charge in [-0.2, -0.15) is 0 Å². The lowest BCUT2D eigenvalue weighted by molar-refractivity contribution is -0.141. The van der Waals surface area contributed by atoms with Crippen LogP contribution in [0.15, 0.2) is 24.3 Å². The molecular formula is C17H22N2O4. The molecule has 0 saturated carbocycles. The zero-order valence-electron chi connectivity index (χ0n) is 13.5. The zero-order chi connectivity index (χ0) is 17.0. The molecule has 1 aliphatic heterocycles. The van der Waals surface area contributed by atoms with E-state index >= 15 is 0 Å². The number of amides is 2. The molecule has 0 aliphatic carbocycles. The maximum Gasteiger partial charge on any atom is 0.308 e. The fraction of sp³-hybridized carbons (Fsp3) is 0.471. The second kappa shape index (κ2) is 7.26. The second-order valence-corrected chi connectivity index (χ2v) is 5.97. The Kier molecular flexibility index (Phi) is 5.36. The molecule has 0 radical (unpaired) electrons. The molecule has 0 bridgehead atoms. The smallest absolute Gasteiger partial charge is 0.308 e. The molecule has 6 heteroatoms. The largest absolute Gasteiger partial charge is 0.481 e. The van der Waals surface area contributed by atoms with E-state index < -0.39 is 11.9 Å². The van der Waals surface area contributed by atoms with E-state index in [4.69, 9.17) is 5.11 Å². The molecule has 1 fully saturated rings. The standard InChI is InChI=1S/C17H22N2O4/c1-12(17(22)23)11-18(2)16(21)13-6-8-14(9-7-13)19-10-4-3-5-15(19)20/h6-9,12H,3-5,10-11H2,1-2H3,(H,22,23). The van der Waals surface area contributed by atoms with Gasteiger partial charge in [-0.15, -0.1) is 0 Å². The van der Waals surface area contributed by atoms with Crippen molar-refractivity contribution in [2.75, 3.05) is 25.0 Å². The summed E-state index contributed by atoms with van der Waals surface area (Å²) in [6, 6.07) is 6.90. The number of hydrogen-bond acceptors (Lipinski definition) is 3. The molecule has 1 aromatic rings. The van der Waals surface area contributed by atoms with Crippen LogP contribution >= 0.6 is 0 Å². The number of anilines is 1. The van der Waals surface area contributed by atoms with E-state index in [0.29, 0.717) is 18.5 Å². The molecule has 2 rings (SSSR count). The van der Waals surface area contributed by atoms with Crippen LogP contribution in [0.1, 0.15) is 36.5 Å². The van der Waals surface area contributed by atoms with E-state index in [2.05, 4.69) is 0 Å². The quantitative estimate of drug-likeness (QED) is 0.900. The molecule has 23 heavy (non-hydrogen) atoms. The third kappa shape index (κ3) is 4.09. The number of nitrogens with zero attached hydrogens (tertiary/aromatic N) is 2. The van der Waals surface area contributed by atoms with Gasteiger partial charge in [0.2, 0.25) is 5.91 Å². The van der Waals surface area contributed by atoms with E-state index in [0.717, 1.165) is 18.5 Å². The van der Waals surface area contributed by atoms with Gasteiger partial charge in [-0.1, -0.05) is 6.92 Å². The zero-order valence-corrected chi connectivity index (χ0v) is 13.5. The van der Waals surface area contributed by atoms with Gasteiger partial charge in [0.1, 0.15) is 0 Å². The Morgan fingerprint density at radius 2 is 1.91 bits per heavy atom. The van der Waals surface area contributed by atoms with Crippen LogP contribution in [0.5, 0.6) is 0 Å². The Balaban J connectivity index is 2.05. The molecule has 1 aliphatic rings. The summed E-state index contributed by atoms with van der Waals surface area (Å²) in [5, 5.41) is 8.91. The molecule has 0 aromatic heterocycles. The van der Waals surface area contributed by atoms with E-state index in [9.17, 15) is 14.4 Å². The summed E-state index contributed by atoms with van der Waals surface area (Å²) in [5.74, 6) is -1.66. The van der Waals surface area contributed by atoms with E-state index in [-0.39, 0.29) is 18.4 Å². The number of benzene rings is 1. The van der Waals surface area contributed by atoms with E-state index in [1.807, 2.05) is 0 Å². The van der Waals surface area contributed by atoms with Crippen molar-refractivity contribution in [3.05, 3.63) is 29.8 Å². The number of carbonyl (C=O) groups is 3. The van der Waals surface area contributed by atoms with Crippen molar-refractivity contribution in [3.63, 3.8) is 0 Å². The van der Waals surface area contributed by atoms with Gasteiger partial charge < -0.3 is 14.9 Å². The molecule has 1 aromatic carbocycles. The van der Waals surface area contributed by atoms with Crippen molar-refractivity contribution >= 4 is 23.5 Å². The number of carboxylic acid groups (broad SMARTS) is 1. The first-order chi connectivity index (χ1) is 10.9. The van der Waals surface area contributed by atoms with Crippen LogP contribution in [-0.4, -0.2) is 47.9 Å². The number of aliphatic carboxylic acids is 1. The van der Waals surface area contributed by atoms with Gasteiger partial charge in [-0.25, -0.2) is 0 Å². The van der Waals surface area contributed by atoms with Crippen LogP contribution in [0.4, 0.5) is 5.69 Å². The molecule has 1 atom stereocenters. The lowest BCUT2D eigenvalue weighted by Gasteiger charge is -2.27. The number of carboxylic acids is 1. The van der Waals surface area contributed by atoms with Gasteiger partial charge in [-0.3, -0.25) is 14.4 Å². The molecule has 6 nitrogen and oxygen atoms in total. The van der Waals surface area contributed by atoms with Crippen molar-refractivity contribution in [2.45, 2.75) is 26.2 Å². The first kappa shape index (κ1) is 17.0. The van der Waals surface area contributed by atoms with Gasteiger partial charge in [0.25, 0.3) is 5.91 Å². The number of carbonyl (C=O) groups excluding carboxylic acids is 2. The third-order valence-electron chi connectivity index (χ3n) is 4.07. The Morgan fingerprint density at radius 1 is 1.26 bits per heavy atom.